The third-order valence-corrected chi connectivity index (χ3v) is 4.85. The summed E-state index contributed by atoms with van der Waals surface area (Å²) in [4.78, 5) is 18.3. The van der Waals surface area contributed by atoms with Crippen LogP contribution in [0.5, 0.6) is 0 Å². The van der Waals surface area contributed by atoms with E-state index in [0.717, 1.165) is 48.9 Å². The van der Waals surface area contributed by atoms with Gasteiger partial charge in [-0.05, 0) is 31.1 Å². The first-order valence-electron chi connectivity index (χ1n) is 8.16. The first kappa shape index (κ1) is 15.1. The highest BCUT2D eigenvalue weighted by molar-refractivity contribution is 6.28. The normalized spacial score (nSPS) is 19.3. The Balaban J connectivity index is 1.68. The SMILES string of the molecule is Cn1c(CCN2CCC2)nc2c(N3CCOCC3)nc(Cl)nc21. The number of aromatic nitrogens is 4. The highest BCUT2D eigenvalue weighted by Gasteiger charge is 2.22. The molecule has 2 aliphatic heterocycles. The molecule has 0 aromatic carbocycles. The van der Waals surface area contributed by atoms with Crippen LogP contribution in [0.15, 0.2) is 0 Å². The van der Waals surface area contributed by atoms with E-state index >= 15 is 0 Å². The van der Waals surface area contributed by atoms with Gasteiger partial charge in [-0.25, -0.2) is 4.98 Å². The van der Waals surface area contributed by atoms with E-state index in [1.807, 2.05) is 11.6 Å². The van der Waals surface area contributed by atoms with Crippen molar-refractivity contribution in [2.24, 2.45) is 7.05 Å². The van der Waals surface area contributed by atoms with Crippen molar-refractivity contribution < 1.29 is 4.74 Å². The Bertz CT molecular complexity index is 708. The second-order valence-corrected chi connectivity index (χ2v) is 6.46. The number of anilines is 1. The Morgan fingerprint density at radius 3 is 2.57 bits per heavy atom. The predicted octanol–water partition coefficient (Wildman–Crippen LogP) is 1.10. The zero-order chi connectivity index (χ0) is 15.8. The third-order valence-electron chi connectivity index (χ3n) is 4.68. The van der Waals surface area contributed by atoms with Gasteiger partial charge in [0.2, 0.25) is 5.28 Å². The van der Waals surface area contributed by atoms with Gasteiger partial charge in [-0.2, -0.15) is 9.97 Å². The van der Waals surface area contributed by atoms with Gasteiger partial charge in [-0.15, -0.1) is 0 Å². The van der Waals surface area contributed by atoms with Crippen molar-refractivity contribution in [1.82, 2.24) is 24.4 Å². The summed E-state index contributed by atoms with van der Waals surface area (Å²) in [5, 5.41) is 0.274. The minimum atomic E-state index is 0.274. The van der Waals surface area contributed by atoms with Crippen LogP contribution in [0.4, 0.5) is 5.82 Å². The fourth-order valence-electron chi connectivity index (χ4n) is 3.15. The van der Waals surface area contributed by atoms with Crippen molar-refractivity contribution in [3.05, 3.63) is 11.1 Å². The van der Waals surface area contributed by atoms with E-state index in [-0.39, 0.29) is 5.28 Å². The summed E-state index contributed by atoms with van der Waals surface area (Å²) >= 11 is 6.15. The quantitative estimate of drug-likeness (QED) is 0.779. The van der Waals surface area contributed by atoms with Crippen molar-refractivity contribution >= 4 is 28.6 Å². The highest BCUT2D eigenvalue weighted by Crippen LogP contribution is 2.26. The maximum Gasteiger partial charge on any atom is 0.226 e. The van der Waals surface area contributed by atoms with Crippen LogP contribution < -0.4 is 4.90 Å². The summed E-state index contributed by atoms with van der Waals surface area (Å²) in [6, 6.07) is 0. The van der Waals surface area contributed by atoms with Gasteiger partial charge in [0, 0.05) is 33.1 Å². The summed E-state index contributed by atoms with van der Waals surface area (Å²) in [5.41, 5.74) is 1.66. The number of halogens is 1. The summed E-state index contributed by atoms with van der Waals surface area (Å²) in [5.74, 6) is 1.87. The molecule has 0 amide bonds. The molecule has 2 aliphatic rings. The molecule has 0 atom stereocenters. The molecular weight excluding hydrogens is 316 g/mol. The average Bonchev–Trinajstić information content (AvgIpc) is 2.83. The van der Waals surface area contributed by atoms with E-state index in [1.165, 1.54) is 19.5 Å². The molecule has 0 N–H and O–H groups in total. The first-order chi connectivity index (χ1) is 11.2. The summed E-state index contributed by atoms with van der Waals surface area (Å²) in [7, 11) is 2.01. The number of ether oxygens (including phenoxy) is 1. The van der Waals surface area contributed by atoms with E-state index in [9.17, 15) is 0 Å². The molecule has 23 heavy (non-hydrogen) atoms. The fraction of sp³-hybridized carbons (Fsp3) is 0.667. The third kappa shape index (κ3) is 2.88. The van der Waals surface area contributed by atoms with Crippen LogP contribution in [-0.2, 0) is 18.2 Å². The lowest BCUT2D eigenvalue weighted by Crippen LogP contribution is -2.38. The number of nitrogens with zero attached hydrogens (tertiary/aromatic N) is 6. The number of aryl methyl sites for hydroxylation is 1. The Labute approximate surface area is 140 Å². The van der Waals surface area contributed by atoms with E-state index in [4.69, 9.17) is 21.3 Å². The lowest BCUT2D eigenvalue weighted by atomic mass is 10.2. The summed E-state index contributed by atoms with van der Waals surface area (Å²) in [6.45, 7) is 6.48. The molecule has 2 aromatic rings. The molecule has 7 nitrogen and oxygen atoms in total. The lowest BCUT2D eigenvalue weighted by molar-refractivity contribution is 0.122. The Hall–Kier alpha value is -1.44. The number of likely N-dealkylation sites (tertiary alicyclic amines) is 1. The molecule has 4 heterocycles. The first-order valence-corrected chi connectivity index (χ1v) is 8.54. The van der Waals surface area contributed by atoms with Crippen molar-refractivity contribution in [3.8, 4) is 0 Å². The summed E-state index contributed by atoms with van der Waals surface area (Å²) < 4.78 is 7.48. The fourth-order valence-corrected chi connectivity index (χ4v) is 3.31. The van der Waals surface area contributed by atoms with Crippen LogP contribution in [0.1, 0.15) is 12.2 Å². The number of morpholine rings is 1. The maximum absolute atomic E-state index is 6.15. The molecule has 124 valence electrons. The topological polar surface area (TPSA) is 59.3 Å². The number of rotatable bonds is 4. The van der Waals surface area contributed by atoms with Crippen molar-refractivity contribution in [1.29, 1.82) is 0 Å². The van der Waals surface area contributed by atoms with E-state index < -0.39 is 0 Å². The minimum absolute atomic E-state index is 0.274. The molecule has 4 rings (SSSR count). The number of imidazole rings is 1. The number of hydrogen-bond donors (Lipinski definition) is 0. The minimum Gasteiger partial charge on any atom is -0.378 e. The van der Waals surface area contributed by atoms with Crippen LogP contribution in [0.3, 0.4) is 0 Å². The van der Waals surface area contributed by atoms with Crippen molar-refractivity contribution in [2.45, 2.75) is 12.8 Å². The van der Waals surface area contributed by atoms with Crippen LogP contribution in [0.25, 0.3) is 11.2 Å². The van der Waals surface area contributed by atoms with Gasteiger partial charge in [0.25, 0.3) is 0 Å². The zero-order valence-corrected chi connectivity index (χ0v) is 14.1. The van der Waals surface area contributed by atoms with E-state index in [0.29, 0.717) is 13.2 Å². The molecule has 0 unspecified atom stereocenters. The lowest BCUT2D eigenvalue weighted by Gasteiger charge is -2.30. The molecule has 2 saturated heterocycles. The average molecular weight is 337 g/mol. The smallest absolute Gasteiger partial charge is 0.226 e. The molecule has 0 aliphatic carbocycles. The Morgan fingerprint density at radius 2 is 1.87 bits per heavy atom. The summed E-state index contributed by atoms with van der Waals surface area (Å²) in [6.07, 6.45) is 2.23. The molecule has 0 saturated carbocycles. The molecular formula is C15H21ClN6O. The van der Waals surface area contributed by atoms with Gasteiger partial charge in [0.05, 0.1) is 13.2 Å². The molecule has 0 bridgehead atoms. The van der Waals surface area contributed by atoms with Gasteiger partial charge in [0.1, 0.15) is 5.82 Å². The Morgan fingerprint density at radius 1 is 1.09 bits per heavy atom. The molecule has 2 fully saturated rings. The zero-order valence-electron chi connectivity index (χ0n) is 13.3. The van der Waals surface area contributed by atoms with Gasteiger partial charge in [0.15, 0.2) is 17.0 Å². The molecule has 0 spiro atoms. The number of fused-ring (bicyclic) bond motifs is 1. The van der Waals surface area contributed by atoms with Gasteiger partial charge in [-0.3, -0.25) is 0 Å². The molecule has 0 radical (unpaired) electrons. The van der Waals surface area contributed by atoms with E-state index in [1.54, 1.807) is 0 Å². The van der Waals surface area contributed by atoms with Crippen LogP contribution in [-0.4, -0.2) is 70.4 Å². The van der Waals surface area contributed by atoms with Crippen LogP contribution >= 0.6 is 11.6 Å². The number of hydrogen-bond acceptors (Lipinski definition) is 6. The van der Waals surface area contributed by atoms with Gasteiger partial charge < -0.3 is 19.1 Å². The highest BCUT2D eigenvalue weighted by atomic mass is 35.5. The van der Waals surface area contributed by atoms with Crippen LogP contribution in [0, 0.1) is 0 Å². The molecule has 8 heteroatoms. The largest absolute Gasteiger partial charge is 0.378 e. The predicted molar refractivity (Wildman–Crippen MR) is 89.1 cm³/mol. The van der Waals surface area contributed by atoms with Gasteiger partial charge in [-0.1, -0.05) is 0 Å². The standard InChI is InChI=1S/C15H21ClN6O/c1-20-11(3-6-21-4-2-5-21)17-12-13(20)18-15(16)19-14(12)22-7-9-23-10-8-22/h2-10H2,1H3. The van der Waals surface area contributed by atoms with Gasteiger partial charge >= 0.3 is 0 Å². The second kappa shape index (κ2) is 6.22. The van der Waals surface area contributed by atoms with Crippen LogP contribution in [0.2, 0.25) is 5.28 Å². The second-order valence-electron chi connectivity index (χ2n) is 6.12. The van der Waals surface area contributed by atoms with E-state index in [2.05, 4.69) is 19.8 Å². The monoisotopic (exact) mass is 336 g/mol. The van der Waals surface area contributed by atoms with Crippen molar-refractivity contribution in [2.75, 3.05) is 50.8 Å². The molecule has 2 aromatic heterocycles. The van der Waals surface area contributed by atoms with Crippen molar-refractivity contribution in [3.63, 3.8) is 0 Å². The maximum atomic E-state index is 6.15. The Kier molecular flexibility index (Phi) is 4.09.